The van der Waals surface area contributed by atoms with Gasteiger partial charge in [0.15, 0.2) is 11.6 Å². The lowest BCUT2D eigenvalue weighted by Gasteiger charge is -2.21. The predicted octanol–water partition coefficient (Wildman–Crippen LogP) is 3.55. The number of pyridine rings is 1. The van der Waals surface area contributed by atoms with E-state index in [2.05, 4.69) is 20.7 Å². The van der Waals surface area contributed by atoms with Gasteiger partial charge in [0.2, 0.25) is 0 Å². The topological polar surface area (TPSA) is 116 Å². The number of rotatable bonds is 4. The van der Waals surface area contributed by atoms with Crippen LogP contribution in [0.3, 0.4) is 0 Å². The number of anilines is 3. The van der Waals surface area contributed by atoms with Crippen molar-refractivity contribution in [2.24, 2.45) is 0 Å². The van der Waals surface area contributed by atoms with Crippen LogP contribution in [0.1, 0.15) is 32.4 Å². The second-order valence-electron chi connectivity index (χ2n) is 7.95. The summed E-state index contributed by atoms with van der Waals surface area (Å²) in [5.41, 5.74) is 7.69. The standard InChI is InChI=1S/C21H24N6O3/c1-21(2,3)30-20(28)25-16-12-29-17-11-13(5-6-14(16)17)24-19-15(22)7-8-18(26-19)27-10-4-9-23-27/h4-11,16H,12,22H2,1-3H3,(H,24,26)(H,25,28)/t16-/m0/s1. The molecule has 1 amide bonds. The Morgan fingerprint density at radius 3 is 2.87 bits per heavy atom. The van der Waals surface area contributed by atoms with Crippen LogP contribution < -0.4 is 21.1 Å². The SMILES string of the molecule is CC(C)(C)OC(=O)N[C@H]1COc2cc(Nc3nc(-n4cccn4)ccc3N)ccc21. The Balaban J connectivity index is 1.49. The second kappa shape index (κ2) is 7.58. The number of nitrogen functional groups attached to an aromatic ring is 1. The summed E-state index contributed by atoms with van der Waals surface area (Å²) in [6, 6.07) is 10.8. The molecule has 1 aromatic carbocycles. The number of fused-ring (bicyclic) bond motifs is 1. The third kappa shape index (κ3) is 4.29. The number of nitrogens with one attached hydrogen (secondary N) is 2. The summed E-state index contributed by atoms with van der Waals surface area (Å²) in [7, 11) is 0. The molecule has 2 aromatic heterocycles. The number of aromatic nitrogens is 3. The van der Waals surface area contributed by atoms with Gasteiger partial charge in [-0.1, -0.05) is 6.07 Å². The van der Waals surface area contributed by atoms with Crippen molar-refractivity contribution in [1.29, 1.82) is 0 Å². The molecule has 1 atom stereocenters. The van der Waals surface area contributed by atoms with Gasteiger partial charge in [0, 0.05) is 29.7 Å². The molecule has 1 aliphatic rings. The van der Waals surface area contributed by atoms with Gasteiger partial charge in [-0.15, -0.1) is 0 Å². The Bertz CT molecular complexity index is 1060. The molecular weight excluding hydrogens is 384 g/mol. The number of carbonyl (C=O) groups is 1. The molecule has 0 saturated carbocycles. The molecule has 4 rings (SSSR count). The van der Waals surface area contributed by atoms with Gasteiger partial charge >= 0.3 is 6.09 Å². The molecule has 0 unspecified atom stereocenters. The highest BCUT2D eigenvalue weighted by molar-refractivity contribution is 5.72. The Labute approximate surface area is 174 Å². The second-order valence-corrected chi connectivity index (χ2v) is 7.95. The van der Waals surface area contributed by atoms with E-state index in [4.69, 9.17) is 15.2 Å². The smallest absolute Gasteiger partial charge is 0.408 e. The monoisotopic (exact) mass is 408 g/mol. The number of alkyl carbamates (subject to hydrolysis) is 1. The Morgan fingerprint density at radius 2 is 2.13 bits per heavy atom. The quantitative estimate of drug-likeness (QED) is 0.604. The number of ether oxygens (including phenoxy) is 2. The van der Waals surface area contributed by atoms with Gasteiger partial charge in [-0.3, -0.25) is 0 Å². The van der Waals surface area contributed by atoms with Gasteiger partial charge in [-0.05, 0) is 45.0 Å². The van der Waals surface area contributed by atoms with Crippen LogP contribution in [0, 0.1) is 0 Å². The number of carbonyl (C=O) groups excluding carboxylic acids is 1. The molecule has 0 radical (unpaired) electrons. The summed E-state index contributed by atoms with van der Waals surface area (Å²) in [5.74, 6) is 1.85. The van der Waals surface area contributed by atoms with Crippen LogP contribution >= 0.6 is 0 Å². The molecular formula is C21H24N6O3. The number of amides is 1. The molecule has 4 N–H and O–H groups in total. The maximum Gasteiger partial charge on any atom is 0.408 e. The maximum atomic E-state index is 12.1. The van der Waals surface area contributed by atoms with Crippen LogP contribution in [0.25, 0.3) is 5.82 Å². The molecule has 3 heterocycles. The van der Waals surface area contributed by atoms with Crippen molar-refractivity contribution in [3.8, 4) is 11.6 Å². The number of benzene rings is 1. The Hall–Kier alpha value is -3.75. The van der Waals surface area contributed by atoms with Gasteiger partial charge in [0.1, 0.15) is 18.0 Å². The third-order valence-corrected chi connectivity index (χ3v) is 4.40. The molecule has 0 spiro atoms. The van der Waals surface area contributed by atoms with Crippen LogP contribution in [0.2, 0.25) is 0 Å². The number of hydrogen-bond donors (Lipinski definition) is 3. The molecule has 9 heteroatoms. The highest BCUT2D eigenvalue weighted by Crippen LogP contribution is 2.36. The molecule has 9 nitrogen and oxygen atoms in total. The van der Waals surface area contributed by atoms with E-state index >= 15 is 0 Å². The average Bonchev–Trinajstić information content (AvgIpc) is 3.32. The maximum absolute atomic E-state index is 12.1. The van der Waals surface area contributed by atoms with Crippen molar-refractivity contribution in [1.82, 2.24) is 20.1 Å². The van der Waals surface area contributed by atoms with E-state index < -0.39 is 11.7 Å². The molecule has 30 heavy (non-hydrogen) atoms. The first-order valence-electron chi connectivity index (χ1n) is 9.58. The van der Waals surface area contributed by atoms with E-state index in [0.717, 1.165) is 11.3 Å². The minimum absolute atomic E-state index is 0.268. The molecule has 0 fully saturated rings. The van der Waals surface area contributed by atoms with Crippen LogP contribution in [0.5, 0.6) is 5.75 Å². The first-order valence-corrected chi connectivity index (χ1v) is 9.58. The summed E-state index contributed by atoms with van der Waals surface area (Å²) in [4.78, 5) is 16.6. The van der Waals surface area contributed by atoms with Crippen LogP contribution in [-0.4, -0.2) is 33.1 Å². The summed E-state index contributed by atoms with van der Waals surface area (Å²) >= 11 is 0. The van der Waals surface area contributed by atoms with Crippen molar-refractivity contribution in [3.63, 3.8) is 0 Å². The minimum atomic E-state index is -0.558. The van der Waals surface area contributed by atoms with E-state index in [9.17, 15) is 4.79 Å². The van der Waals surface area contributed by atoms with Gasteiger partial charge in [-0.2, -0.15) is 5.10 Å². The fourth-order valence-electron chi connectivity index (χ4n) is 3.09. The fourth-order valence-corrected chi connectivity index (χ4v) is 3.09. The lowest BCUT2D eigenvalue weighted by atomic mass is 10.1. The first kappa shape index (κ1) is 19.6. The van der Waals surface area contributed by atoms with Crippen molar-refractivity contribution >= 4 is 23.3 Å². The van der Waals surface area contributed by atoms with E-state index in [1.165, 1.54) is 0 Å². The number of nitrogens with two attached hydrogens (primary N) is 1. The largest absolute Gasteiger partial charge is 0.491 e. The zero-order chi connectivity index (χ0) is 21.3. The Kier molecular flexibility index (Phi) is 4.94. The van der Waals surface area contributed by atoms with Crippen molar-refractivity contribution in [2.75, 3.05) is 17.7 Å². The highest BCUT2D eigenvalue weighted by atomic mass is 16.6. The molecule has 0 saturated heterocycles. The average molecular weight is 408 g/mol. The van der Waals surface area contributed by atoms with Crippen LogP contribution in [0.15, 0.2) is 48.8 Å². The summed E-state index contributed by atoms with van der Waals surface area (Å²) in [6.07, 6.45) is 3.02. The van der Waals surface area contributed by atoms with Gasteiger partial charge in [0.25, 0.3) is 0 Å². The lowest BCUT2D eigenvalue weighted by Crippen LogP contribution is -2.35. The van der Waals surface area contributed by atoms with E-state index in [1.807, 2.05) is 51.2 Å². The summed E-state index contributed by atoms with van der Waals surface area (Å²) < 4.78 is 12.7. The molecule has 0 bridgehead atoms. The predicted molar refractivity (Wildman–Crippen MR) is 113 cm³/mol. The zero-order valence-corrected chi connectivity index (χ0v) is 17.0. The van der Waals surface area contributed by atoms with Gasteiger partial charge in [0.05, 0.1) is 11.7 Å². The molecule has 156 valence electrons. The minimum Gasteiger partial charge on any atom is -0.491 e. The lowest BCUT2D eigenvalue weighted by molar-refractivity contribution is 0.0497. The van der Waals surface area contributed by atoms with E-state index in [-0.39, 0.29) is 6.04 Å². The zero-order valence-electron chi connectivity index (χ0n) is 17.0. The van der Waals surface area contributed by atoms with Crippen molar-refractivity contribution in [2.45, 2.75) is 32.4 Å². The van der Waals surface area contributed by atoms with Crippen LogP contribution in [0.4, 0.5) is 22.0 Å². The van der Waals surface area contributed by atoms with Crippen LogP contribution in [-0.2, 0) is 4.74 Å². The molecule has 3 aromatic rings. The van der Waals surface area contributed by atoms with Crippen molar-refractivity contribution in [3.05, 3.63) is 54.4 Å². The van der Waals surface area contributed by atoms with Gasteiger partial charge in [-0.25, -0.2) is 14.5 Å². The van der Waals surface area contributed by atoms with Crippen molar-refractivity contribution < 1.29 is 14.3 Å². The molecule has 0 aliphatic carbocycles. The fraction of sp³-hybridized carbons (Fsp3) is 0.286. The highest BCUT2D eigenvalue weighted by Gasteiger charge is 2.28. The number of nitrogens with zero attached hydrogens (tertiary/aromatic N) is 3. The number of hydrogen-bond acceptors (Lipinski definition) is 7. The van der Waals surface area contributed by atoms with E-state index in [1.54, 1.807) is 23.0 Å². The molecule has 1 aliphatic heterocycles. The summed E-state index contributed by atoms with van der Waals surface area (Å²) in [6.45, 7) is 5.81. The van der Waals surface area contributed by atoms with E-state index in [0.29, 0.717) is 29.7 Å². The summed E-state index contributed by atoms with van der Waals surface area (Å²) in [5, 5.41) is 10.3. The van der Waals surface area contributed by atoms with Gasteiger partial charge < -0.3 is 25.8 Å². The third-order valence-electron chi connectivity index (χ3n) is 4.40. The first-order chi connectivity index (χ1) is 14.3. The normalized spacial score (nSPS) is 15.2. The Morgan fingerprint density at radius 1 is 1.30 bits per heavy atom.